The van der Waals surface area contributed by atoms with Gasteiger partial charge in [-0.25, -0.2) is 0 Å². The van der Waals surface area contributed by atoms with E-state index in [0.29, 0.717) is 11.3 Å². The number of ketones is 1. The van der Waals surface area contributed by atoms with Crippen molar-refractivity contribution in [3.05, 3.63) is 29.8 Å². The van der Waals surface area contributed by atoms with E-state index >= 15 is 0 Å². The number of Topliss-reactive ketones (excluding diaryl/α,β-unsaturated/α-hetero) is 1. The van der Waals surface area contributed by atoms with E-state index in [-0.39, 0.29) is 11.9 Å². The molecule has 0 heterocycles. The van der Waals surface area contributed by atoms with Crippen LogP contribution in [0.5, 0.6) is 5.75 Å². The molecular formula is C15H20O3. The van der Waals surface area contributed by atoms with Crippen molar-refractivity contribution in [2.45, 2.75) is 51.2 Å². The Morgan fingerprint density at radius 3 is 2.72 bits per heavy atom. The monoisotopic (exact) mass is 248 g/mol. The number of benzene rings is 1. The van der Waals surface area contributed by atoms with Crippen LogP contribution in [0.15, 0.2) is 24.3 Å². The summed E-state index contributed by atoms with van der Waals surface area (Å²) in [5.74, 6) is 0.588. The molecule has 3 nitrogen and oxygen atoms in total. The molecule has 0 spiro atoms. The topological polar surface area (TPSA) is 46.5 Å². The van der Waals surface area contributed by atoms with Crippen molar-refractivity contribution in [2.75, 3.05) is 0 Å². The number of carbonyl (C=O) groups is 1. The van der Waals surface area contributed by atoms with Crippen LogP contribution in [-0.2, 0) is 0 Å². The highest BCUT2D eigenvalue weighted by Gasteiger charge is 2.24. The van der Waals surface area contributed by atoms with Gasteiger partial charge in [-0.3, -0.25) is 4.79 Å². The van der Waals surface area contributed by atoms with Crippen molar-refractivity contribution in [1.29, 1.82) is 0 Å². The van der Waals surface area contributed by atoms with Crippen molar-refractivity contribution in [3.63, 3.8) is 0 Å². The predicted molar refractivity (Wildman–Crippen MR) is 70.0 cm³/mol. The molecule has 18 heavy (non-hydrogen) atoms. The van der Waals surface area contributed by atoms with Crippen LogP contribution in [-0.4, -0.2) is 23.1 Å². The maximum absolute atomic E-state index is 11.5. The second-order valence-corrected chi connectivity index (χ2v) is 4.91. The van der Waals surface area contributed by atoms with Gasteiger partial charge in [0.15, 0.2) is 5.78 Å². The van der Waals surface area contributed by atoms with E-state index in [0.717, 1.165) is 32.1 Å². The quantitative estimate of drug-likeness (QED) is 0.660. The summed E-state index contributed by atoms with van der Waals surface area (Å²) in [5.41, 5.74) is 0.592. The summed E-state index contributed by atoms with van der Waals surface area (Å²) in [5, 5.41) is 10.0. The number of rotatable bonds is 3. The van der Waals surface area contributed by atoms with Gasteiger partial charge in [-0.2, -0.15) is 0 Å². The zero-order chi connectivity index (χ0) is 13.0. The fourth-order valence-corrected chi connectivity index (χ4v) is 2.41. The largest absolute Gasteiger partial charge is 0.487 e. The van der Waals surface area contributed by atoms with Gasteiger partial charge in [0.05, 0.1) is 11.7 Å². The first kappa shape index (κ1) is 13.1. The summed E-state index contributed by atoms with van der Waals surface area (Å²) in [6, 6.07) is 7.24. The molecule has 0 amide bonds. The first-order chi connectivity index (χ1) is 8.68. The van der Waals surface area contributed by atoms with Crippen LogP contribution in [0.4, 0.5) is 0 Å². The molecule has 2 atom stereocenters. The molecule has 3 heteroatoms. The zero-order valence-electron chi connectivity index (χ0n) is 10.8. The van der Waals surface area contributed by atoms with E-state index in [2.05, 4.69) is 0 Å². The molecule has 98 valence electrons. The highest BCUT2D eigenvalue weighted by atomic mass is 16.5. The summed E-state index contributed by atoms with van der Waals surface area (Å²) < 4.78 is 5.87. The van der Waals surface area contributed by atoms with Crippen LogP contribution in [0.2, 0.25) is 0 Å². The number of aliphatic hydroxyl groups is 1. The average molecular weight is 248 g/mol. The van der Waals surface area contributed by atoms with Crippen LogP contribution >= 0.6 is 0 Å². The van der Waals surface area contributed by atoms with Gasteiger partial charge in [-0.15, -0.1) is 0 Å². The highest BCUT2D eigenvalue weighted by molar-refractivity contribution is 5.96. The first-order valence-electron chi connectivity index (χ1n) is 6.63. The van der Waals surface area contributed by atoms with Gasteiger partial charge >= 0.3 is 0 Å². The van der Waals surface area contributed by atoms with E-state index in [1.54, 1.807) is 12.1 Å². The molecule has 1 saturated carbocycles. The smallest absolute Gasteiger partial charge is 0.163 e. The Labute approximate surface area is 108 Å². The van der Waals surface area contributed by atoms with Gasteiger partial charge in [0, 0.05) is 0 Å². The Morgan fingerprint density at radius 2 is 1.94 bits per heavy atom. The molecule has 1 aromatic rings. The van der Waals surface area contributed by atoms with Crippen molar-refractivity contribution < 1.29 is 14.6 Å². The maximum atomic E-state index is 11.5. The van der Waals surface area contributed by atoms with Crippen LogP contribution in [0.3, 0.4) is 0 Å². The van der Waals surface area contributed by atoms with Crippen molar-refractivity contribution in [2.24, 2.45) is 0 Å². The Bertz CT molecular complexity index is 414. The van der Waals surface area contributed by atoms with Gasteiger partial charge in [0.2, 0.25) is 0 Å². The molecule has 2 rings (SSSR count). The Balaban J connectivity index is 2.14. The lowest BCUT2D eigenvalue weighted by Crippen LogP contribution is -2.30. The lowest BCUT2D eigenvalue weighted by Gasteiger charge is -2.23. The Kier molecular flexibility index (Phi) is 4.37. The summed E-state index contributed by atoms with van der Waals surface area (Å²) in [7, 11) is 0. The summed E-state index contributed by atoms with van der Waals surface area (Å²) in [6.45, 7) is 1.53. The zero-order valence-corrected chi connectivity index (χ0v) is 10.8. The number of hydrogen-bond donors (Lipinski definition) is 1. The molecule has 2 unspecified atom stereocenters. The molecular weight excluding hydrogens is 228 g/mol. The predicted octanol–water partition coefficient (Wildman–Crippen LogP) is 2.96. The lowest BCUT2D eigenvalue weighted by molar-refractivity contribution is 0.0314. The van der Waals surface area contributed by atoms with Crippen LogP contribution < -0.4 is 4.74 Å². The van der Waals surface area contributed by atoms with Crippen LogP contribution in [0.1, 0.15) is 49.4 Å². The van der Waals surface area contributed by atoms with Gasteiger partial charge in [0.25, 0.3) is 0 Å². The fourth-order valence-electron chi connectivity index (χ4n) is 2.41. The summed E-state index contributed by atoms with van der Waals surface area (Å²) in [4.78, 5) is 11.5. The van der Waals surface area contributed by atoms with E-state index < -0.39 is 6.10 Å². The van der Waals surface area contributed by atoms with Gasteiger partial charge < -0.3 is 9.84 Å². The van der Waals surface area contributed by atoms with Gasteiger partial charge in [-0.05, 0) is 38.3 Å². The molecule has 1 aromatic carbocycles. The van der Waals surface area contributed by atoms with Crippen molar-refractivity contribution in [1.82, 2.24) is 0 Å². The summed E-state index contributed by atoms with van der Waals surface area (Å²) in [6.07, 6.45) is 4.30. The number of hydrogen-bond acceptors (Lipinski definition) is 3. The normalized spacial score (nSPS) is 24.3. The lowest BCUT2D eigenvalue weighted by atomic mass is 10.1. The second-order valence-electron chi connectivity index (χ2n) is 4.91. The third kappa shape index (κ3) is 3.10. The molecule has 0 bridgehead atoms. The van der Waals surface area contributed by atoms with Gasteiger partial charge in [-0.1, -0.05) is 25.0 Å². The van der Waals surface area contributed by atoms with Crippen LogP contribution in [0, 0.1) is 0 Å². The molecule has 0 aliphatic heterocycles. The molecule has 1 N–H and O–H groups in total. The molecule has 1 fully saturated rings. The number of ether oxygens (including phenoxy) is 1. The average Bonchev–Trinajstić information content (AvgIpc) is 2.55. The Morgan fingerprint density at radius 1 is 1.22 bits per heavy atom. The molecule has 0 saturated heterocycles. The van der Waals surface area contributed by atoms with Crippen LogP contribution in [0.25, 0.3) is 0 Å². The molecule has 0 radical (unpaired) electrons. The molecule has 1 aliphatic carbocycles. The standard InChI is InChI=1S/C15H20O3/c1-11(16)12-7-5-6-9-14(12)18-15-10-4-2-3-8-13(15)17/h5-7,9,13,15,17H,2-4,8,10H2,1H3. The van der Waals surface area contributed by atoms with E-state index in [1.165, 1.54) is 6.92 Å². The number of para-hydroxylation sites is 1. The van der Waals surface area contributed by atoms with Gasteiger partial charge in [0.1, 0.15) is 11.9 Å². The number of aliphatic hydroxyl groups excluding tert-OH is 1. The Hall–Kier alpha value is -1.35. The van der Waals surface area contributed by atoms with E-state index in [1.807, 2.05) is 12.1 Å². The molecule has 0 aromatic heterocycles. The van der Waals surface area contributed by atoms with Crippen molar-refractivity contribution >= 4 is 5.78 Å². The maximum Gasteiger partial charge on any atom is 0.163 e. The van der Waals surface area contributed by atoms with E-state index in [9.17, 15) is 9.90 Å². The first-order valence-corrected chi connectivity index (χ1v) is 6.63. The summed E-state index contributed by atoms with van der Waals surface area (Å²) >= 11 is 0. The third-order valence-corrected chi connectivity index (χ3v) is 3.46. The minimum atomic E-state index is -0.424. The highest BCUT2D eigenvalue weighted by Crippen LogP contribution is 2.26. The SMILES string of the molecule is CC(=O)c1ccccc1OC1CCCCCC1O. The van der Waals surface area contributed by atoms with E-state index in [4.69, 9.17) is 4.74 Å². The fraction of sp³-hybridized carbons (Fsp3) is 0.533. The minimum Gasteiger partial charge on any atom is -0.487 e. The third-order valence-electron chi connectivity index (χ3n) is 3.46. The number of carbonyl (C=O) groups excluding carboxylic acids is 1. The van der Waals surface area contributed by atoms with Crippen molar-refractivity contribution in [3.8, 4) is 5.75 Å². The molecule has 1 aliphatic rings. The minimum absolute atomic E-state index is 0.00582. The second kappa shape index (κ2) is 6.01.